The lowest BCUT2D eigenvalue weighted by atomic mass is 10.2. The normalized spacial score (nSPS) is 14.5. The third kappa shape index (κ3) is 4.41. The zero-order chi connectivity index (χ0) is 21.0. The van der Waals surface area contributed by atoms with Crippen LogP contribution in [0, 0.1) is 0 Å². The molecule has 0 bridgehead atoms. The van der Waals surface area contributed by atoms with Gasteiger partial charge < -0.3 is 15.0 Å². The van der Waals surface area contributed by atoms with Crippen LogP contribution < -0.4 is 15.8 Å². The number of hydrogen-bond donors (Lipinski definition) is 1. The van der Waals surface area contributed by atoms with E-state index in [1.165, 1.54) is 13.3 Å². The smallest absolute Gasteiger partial charge is 0.340 e. The van der Waals surface area contributed by atoms with Crippen LogP contribution in [0.1, 0.15) is 10.4 Å². The number of piperazine rings is 1. The molecule has 1 aliphatic heterocycles. The molecule has 1 N–H and O–H groups in total. The molecule has 0 atom stereocenters. The summed E-state index contributed by atoms with van der Waals surface area (Å²) in [6.07, 6.45) is 1.52. The Morgan fingerprint density at radius 1 is 1.17 bits per heavy atom. The molecule has 2 heterocycles. The molecular formula is C19H22ClN5O4. The Bertz CT molecular complexity index is 969. The molecule has 10 heteroatoms. The highest BCUT2D eigenvalue weighted by molar-refractivity contribution is 6.33. The third-order valence-electron chi connectivity index (χ3n) is 4.80. The van der Waals surface area contributed by atoms with Crippen molar-refractivity contribution in [3.05, 3.63) is 51.4 Å². The molecule has 0 spiro atoms. The van der Waals surface area contributed by atoms with Crippen molar-refractivity contribution in [2.24, 2.45) is 0 Å². The number of halogens is 1. The number of ether oxygens (including phenoxy) is 1. The average molecular weight is 420 g/mol. The van der Waals surface area contributed by atoms with Crippen LogP contribution in [0.5, 0.6) is 0 Å². The molecule has 0 radical (unpaired) electrons. The molecule has 3 rings (SSSR count). The van der Waals surface area contributed by atoms with Crippen molar-refractivity contribution in [1.29, 1.82) is 0 Å². The molecule has 1 amide bonds. The first-order valence-electron chi connectivity index (χ1n) is 9.09. The highest BCUT2D eigenvalue weighted by Gasteiger charge is 2.23. The van der Waals surface area contributed by atoms with Crippen LogP contribution in [-0.4, -0.2) is 73.4 Å². The van der Waals surface area contributed by atoms with Gasteiger partial charge in [0.15, 0.2) is 0 Å². The molecule has 1 aromatic heterocycles. The molecule has 9 nitrogen and oxygen atoms in total. The number of methoxy groups -OCH3 is 1. The second kappa shape index (κ2) is 9.06. The second-order valence-corrected chi connectivity index (χ2v) is 6.88. The minimum atomic E-state index is -0.568. The van der Waals surface area contributed by atoms with E-state index in [4.69, 9.17) is 16.3 Å². The number of amides is 1. The number of anilines is 1. The van der Waals surface area contributed by atoms with Gasteiger partial charge in [0.25, 0.3) is 5.56 Å². The van der Waals surface area contributed by atoms with Crippen molar-refractivity contribution in [2.45, 2.75) is 0 Å². The lowest BCUT2D eigenvalue weighted by molar-refractivity contribution is -0.121. The van der Waals surface area contributed by atoms with Crippen LogP contribution in [0.25, 0.3) is 5.69 Å². The summed E-state index contributed by atoms with van der Waals surface area (Å²) < 4.78 is 5.87. The number of carbonyl (C=O) groups excluding carboxylic acids is 2. The number of benzene rings is 1. The molecule has 0 unspecified atom stereocenters. The van der Waals surface area contributed by atoms with Gasteiger partial charge in [-0.05, 0) is 12.1 Å². The Balaban J connectivity index is 1.84. The lowest BCUT2D eigenvalue weighted by Crippen LogP contribution is -2.49. The number of rotatable bonds is 5. The average Bonchev–Trinajstić information content (AvgIpc) is 2.75. The molecule has 1 fully saturated rings. The fourth-order valence-electron chi connectivity index (χ4n) is 3.19. The molecule has 2 aromatic rings. The van der Waals surface area contributed by atoms with E-state index in [0.29, 0.717) is 44.1 Å². The van der Waals surface area contributed by atoms with Crippen LogP contribution in [0.4, 0.5) is 5.69 Å². The van der Waals surface area contributed by atoms with Crippen LogP contribution in [0.3, 0.4) is 0 Å². The molecule has 1 saturated heterocycles. The third-order valence-corrected chi connectivity index (χ3v) is 5.15. The quantitative estimate of drug-likeness (QED) is 0.706. The summed E-state index contributed by atoms with van der Waals surface area (Å²) in [4.78, 5) is 40.4. The minimum Gasteiger partial charge on any atom is -0.465 e. The van der Waals surface area contributed by atoms with E-state index in [9.17, 15) is 14.4 Å². The number of nitrogens with zero attached hydrogens (tertiary/aromatic N) is 4. The Morgan fingerprint density at radius 2 is 1.86 bits per heavy atom. The summed E-state index contributed by atoms with van der Waals surface area (Å²) >= 11 is 6.38. The minimum absolute atomic E-state index is 0.0272. The van der Waals surface area contributed by atoms with Gasteiger partial charge in [0, 0.05) is 33.2 Å². The first-order chi connectivity index (χ1) is 14.0. The van der Waals surface area contributed by atoms with Crippen molar-refractivity contribution in [1.82, 2.24) is 20.0 Å². The standard InChI is InChI=1S/C19H22ClN5O4/c1-21-16(26)12-23-7-9-24(10-8-23)15-11-22-25(18(27)17(15)20)14-6-4-3-5-13(14)19(28)29-2/h3-6,11H,7-10,12H2,1-2H3,(H,21,26). The van der Waals surface area contributed by atoms with Crippen LogP contribution in [-0.2, 0) is 9.53 Å². The maximum Gasteiger partial charge on any atom is 0.340 e. The lowest BCUT2D eigenvalue weighted by Gasteiger charge is -2.35. The Labute approximate surface area is 172 Å². The van der Waals surface area contributed by atoms with Gasteiger partial charge in [-0.3, -0.25) is 14.5 Å². The van der Waals surface area contributed by atoms with Gasteiger partial charge in [-0.25, -0.2) is 4.79 Å². The van der Waals surface area contributed by atoms with Gasteiger partial charge in [-0.15, -0.1) is 0 Å². The molecule has 1 aliphatic rings. The number of nitrogens with one attached hydrogen (secondary N) is 1. The first-order valence-corrected chi connectivity index (χ1v) is 9.47. The first kappa shape index (κ1) is 20.8. The highest BCUT2D eigenvalue weighted by Crippen LogP contribution is 2.23. The van der Waals surface area contributed by atoms with E-state index < -0.39 is 11.5 Å². The van der Waals surface area contributed by atoms with Crippen molar-refractivity contribution >= 4 is 29.2 Å². The summed E-state index contributed by atoms with van der Waals surface area (Å²) in [5.74, 6) is -0.605. The van der Waals surface area contributed by atoms with E-state index in [1.807, 2.05) is 9.80 Å². The fourth-order valence-corrected chi connectivity index (χ4v) is 3.43. The molecule has 0 saturated carbocycles. The van der Waals surface area contributed by atoms with Gasteiger partial charge in [0.05, 0.1) is 36.8 Å². The topological polar surface area (TPSA) is 96.8 Å². The zero-order valence-electron chi connectivity index (χ0n) is 16.2. The fraction of sp³-hybridized carbons (Fsp3) is 0.368. The van der Waals surface area contributed by atoms with Crippen LogP contribution in [0.2, 0.25) is 5.02 Å². The monoisotopic (exact) mass is 419 g/mol. The summed E-state index contributed by atoms with van der Waals surface area (Å²) in [6, 6.07) is 6.54. The van der Waals surface area contributed by atoms with E-state index in [2.05, 4.69) is 10.4 Å². The highest BCUT2D eigenvalue weighted by atomic mass is 35.5. The number of carbonyl (C=O) groups is 2. The van der Waals surface area contributed by atoms with Crippen LogP contribution >= 0.6 is 11.6 Å². The van der Waals surface area contributed by atoms with Crippen LogP contribution in [0.15, 0.2) is 35.3 Å². The maximum atomic E-state index is 12.9. The summed E-state index contributed by atoms with van der Waals surface area (Å²) in [5.41, 5.74) is 0.529. The number of esters is 1. The van der Waals surface area contributed by atoms with Gasteiger partial charge >= 0.3 is 5.97 Å². The van der Waals surface area contributed by atoms with Gasteiger partial charge in [0.1, 0.15) is 5.02 Å². The summed E-state index contributed by atoms with van der Waals surface area (Å²) in [7, 11) is 2.88. The number of likely N-dealkylation sites (N-methyl/N-ethyl adjacent to an activating group) is 1. The molecule has 154 valence electrons. The SMILES string of the molecule is CNC(=O)CN1CCN(c2cnn(-c3ccccc3C(=O)OC)c(=O)c2Cl)CC1. The number of para-hydroxylation sites is 1. The van der Waals surface area contributed by atoms with Crippen molar-refractivity contribution in [2.75, 3.05) is 51.8 Å². The van der Waals surface area contributed by atoms with Gasteiger partial charge in [0.2, 0.25) is 5.91 Å². The largest absolute Gasteiger partial charge is 0.465 e. The van der Waals surface area contributed by atoms with Crippen molar-refractivity contribution in [3.63, 3.8) is 0 Å². The zero-order valence-corrected chi connectivity index (χ0v) is 17.0. The maximum absolute atomic E-state index is 12.9. The van der Waals surface area contributed by atoms with E-state index in [-0.39, 0.29) is 16.5 Å². The van der Waals surface area contributed by atoms with Gasteiger partial charge in [-0.1, -0.05) is 23.7 Å². The van der Waals surface area contributed by atoms with E-state index in [1.54, 1.807) is 31.3 Å². The van der Waals surface area contributed by atoms with E-state index in [0.717, 1.165) is 4.68 Å². The van der Waals surface area contributed by atoms with Crippen molar-refractivity contribution < 1.29 is 14.3 Å². The van der Waals surface area contributed by atoms with Gasteiger partial charge in [-0.2, -0.15) is 9.78 Å². The Kier molecular flexibility index (Phi) is 6.50. The summed E-state index contributed by atoms with van der Waals surface area (Å²) in [5, 5.41) is 6.87. The Morgan fingerprint density at radius 3 is 2.52 bits per heavy atom. The Hall–Kier alpha value is -2.91. The van der Waals surface area contributed by atoms with E-state index >= 15 is 0 Å². The molecule has 0 aliphatic carbocycles. The molecule has 29 heavy (non-hydrogen) atoms. The number of aromatic nitrogens is 2. The molecular weight excluding hydrogens is 398 g/mol. The van der Waals surface area contributed by atoms with Crippen molar-refractivity contribution in [3.8, 4) is 5.69 Å². The predicted octanol–water partition coefficient (Wildman–Crippen LogP) is 0.540. The number of hydrogen-bond acceptors (Lipinski definition) is 7. The predicted molar refractivity (Wildman–Crippen MR) is 109 cm³/mol. The second-order valence-electron chi connectivity index (χ2n) is 6.51. The molecule has 1 aromatic carbocycles. The summed E-state index contributed by atoms with van der Waals surface area (Å²) in [6.45, 7) is 2.89.